The van der Waals surface area contributed by atoms with Gasteiger partial charge in [0.25, 0.3) is 0 Å². The molecule has 0 aliphatic rings. The topological polar surface area (TPSA) is 99.1 Å². The van der Waals surface area contributed by atoms with E-state index in [2.05, 4.69) is 5.32 Å². The molecule has 0 saturated carbocycles. The zero-order valence-corrected chi connectivity index (χ0v) is 13.1. The summed E-state index contributed by atoms with van der Waals surface area (Å²) in [5, 5.41) is 21.5. The van der Waals surface area contributed by atoms with Crippen LogP contribution in [-0.2, 0) is 9.53 Å². The molecule has 2 amide bonds. The molecule has 0 fully saturated rings. The third kappa shape index (κ3) is 4.64. The molecule has 0 aromatic heterocycles. The van der Waals surface area contributed by atoms with Crippen molar-refractivity contribution in [3.63, 3.8) is 0 Å². The summed E-state index contributed by atoms with van der Waals surface area (Å²) < 4.78 is 4.78. The number of rotatable bonds is 7. The van der Waals surface area contributed by atoms with E-state index >= 15 is 0 Å². The van der Waals surface area contributed by atoms with Crippen molar-refractivity contribution in [2.24, 2.45) is 5.41 Å². The number of carboxylic acids is 1. The molecule has 20 heavy (non-hydrogen) atoms. The van der Waals surface area contributed by atoms with Crippen LogP contribution < -0.4 is 5.32 Å². The zero-order chi connectivity index (χ0) is 16.1. The first kappa shape index (κ1) is 18.7. The van der Waals surface area contributed by atoms with Crippen molar-refractivity contribution in [1.82, 2.24) is 10.2 Å². The Labute approximate surface area is 119 Å². The molecule has 7 heteroatoms. The van der Waals surface area contributed by atoms with E-state index in [1.807, 2.05) is 0 Å². The highest BCUT2D eigenvalue weighted by atomic mass is 16.5. The van der Waals surface area contributed by atoms with E-state index in [1.165, 1.54) is 19.1 Å². The van der Waals surface area contributed by atoms with E-state index in [-0.39, 0.29) is 13.2 Å². The Morgan fingerprint density at radius 1 is 1.30 bits per heavy atom. The molecule has 0 aromatic rings. The highest BCUT2D eigenvalue weighted by Gasteiger charge is 2.44. The van der Waals surface area contributed by atoms with Crippen molar-refractivity contribution < 1.29 is 24.5 Å². The molecule has 118 valence electrons. The molecule has 0 aliphatic carbocycles. The summed E-state index contributed by atoms with van der Waals surface area (Å²) in [7, 11) is 2.99. The van der Waals surface area contributed by atoms with Gasteiger partial charge in [0.2, 0.25) is 0 Å². The van der Waals surface area contributed by atoms with Gasteiger partial charge in [0.15, 0.2) is 0 Å². The fraction of sp³-hybridized carbons (Fsp3) is 0.846. The maximum Gasteiger partial charge on any atom is 0.317 e. The molecule has 7 nitrogen and oxygen atoms in total. The average molecular weight is 290 g/mol. The van der Waals surface area contributed by atoms with E-state index in [0.717, 1.165) is 0 Å². The van der Waals surface area contributed by atoms with Crippen LogP contribution in [0.25, 0.3) is 0 Å². The van der Waals surface area contributed by atoms with Crippen molar-refractivity contribution in [2.75, 3.05) is 27.3 Å². The maximum absolute atomic E-state index is 12.0. The monoisotopic (exact) mass is 290 g/mol. The number of hydrogen-bond acceptors (Lipinski definition) is 4. The molecule has 0 radical (unpaired) electrons. The minimum Gasteiger partial charge on any atom is -0.481 e. The highest BCUT2D eigenvalue weighted by Crippen LogP contribution is 2.30. The molecule has 0 aromatic carbocycles. The van der Waals surface area contributed by atoms with Gasteiger partial charge < -0.3 is 25.2 Å². The minimum absolute atomic E-state index is 0.100. The standard InChI is InChI=1S/C13H26N2O5/c1-12(2,10(17)18)13(3,4)14-11(19)15(5)7-9(16)8-20-6/h9,16H,7-8H2,1-6H3,(H,14,19)(H,17,18). The van der Waals surface area contributed by atoms with E-state index in [0.29, 0.717) is 0 Å². The van der Waals surface area contributed by atoms with E-state index in [4.69, 9.17) is 4.74 Å². The number of carbonyl (C=O) groups excluding carboxylic acids is 1. The molecular weight excluding hydrogens is 264 g/mol. The van der Waals surface area contributed by atoms with Gasteiger partial charge in [0.1, 0.15) is 0 Å². The van der Waals surface area contributed by atoms with Gasteiger partial charge in [-0.1, -0.05) is 0 Å². The van der Waals surface area contributed by atoms with Gasteiger partial charge in [-0.3, -0.25) is 4.79 Å². The first-order chi connectivity index (χ1) is 8.95. The molecule has 0 bridgehead atoms. The number of ether oxygens (including phenoxy) is 1. The lowest BCUT2D eigenvalue weighted by atomic mass is 9.74. The number of nitrogens with zero attached hydrogens (tertiary/aromatic N) is 1. The number of nitrogens with one attached hydrogen (secondary N) is 1. The Morgan fingerprint density at radius 3 is 2.20 bits per heavy atom. The van der Waals surface area contributed by atoms with Gasteiger partial charge in [0, 0.05) is 14.2 Å². The quantitative estimate of drug-likeness (QED) is 0.635. The van der Waals surface area contributed by atoms with Crippen LogP contribution in [0.2, 0.25) is 0 Å². The Kier molecular flexibility index (Phi) is 6.43. The van der Waals surface area contributed by atoms with Crippen molar-refractivity contribution in [3.8, 4) is 0 Å². The van der Waals surface area contributed by atoms with Gasteiger partial charge in [-0.2, -0.15) is 0 Å². The van der Waals surface area contributed by atoms with E-state index < -0.39 is 29.1 Å². The number of carbonyl (C=O) groups is 2. The Balaban J connectivity index is 4.70. The van der Waals surface area contributed by atoms with Crippen LogP contribution in [0.4, 0.5) is 4.79 Å². The summed E-state index contributed by atoms with van der Waals surface area (Å²) in [5.41, 5.74) is -2.08. The summed E-state index contributed by atoms with van der Waals surface area (Å²) in [4.78, 5) is 24.6. The smallest absolute Gasteiger partial charge is 0.317 e. The first-order valence-electron chi connectivity index (χ1n) is 6.39. The lowest BCUT2D eigenvalue weighted by Gasteiger charge is -2.39. The molecule has 0 aliphatic heterocycles. The SMILES string of the molecule is COCC(O)CN(C)C(=O)NC(C)(C)C(C)(C)C(=O)O. The predicted molar refractivity (Wildman–Crippen MR) is 74.5 cm³/mol. The van der Waals surface area contributed by atoms with Crippen LogP contribution in [0.5, 0.6) is 0 Å². The number of aliphatic hydroxyl groups is 1. The lowest BCUT2D eigenvalue weighted by Crippen LogP contribution is -2.59. The number of hydrogen-bond donors (Lipinski definition) is 3. The molecule has 0 rings (SSSR count). The third-order valence-electron chi connectivity index (χ3n) is 3.71. The van der Waals surface area contributed by atoms with Gasteiger partial charge in [-0.05, 0) is 27.7 Å². The van der Waals surface area contributed by atoms with Gasteiger partial charge in [-0.15, -0.1) is 0 Å². The van der Waals surface area contributed by atoms with Gasteiger partial charge in [-0.25, -0.2) is 4.79 Å². The number of likely N-dealkylation sites (N-methyl/N-ethyl adjacent to an activating group) is 1. The number of methoxy groups -OCH3 is 1. The number of urea groups is 1. The summed E-state index contributed by atoms with van der Waals surface area (Å²) in [6.45, 7) is 6.63. The fourth-order valence-electron chi connectivity index (χ4n) is 1.43. The number of carboxylic acid groups (broad SMARTS) is 1. The normalized spacial score (nSPS) is 13.8. The van der Waals surface area contributed by atoms with E-state index in [9.17, 15) is 19.8 Å². The largest absolute Gasteiger partial charge is 0.481 e. The second kappa shape index (κ2) is 6.90. The van der Waals surface area contributed by atoms with Crippen LogP contribution in [0.3, 0.4) is 0 Å². The average Bonchev–Trinajstić information content (AvgIpc) is 2.27. The number of amides is 2. The molecule has 0 spiro atoms. The second-order valence-electron chi connectivity index (χ2n) is 5.97. The summed E-state index contributed by atoms with van der Waals surface area (Å²) in [6, 6.07) is -0.445. The third-order valence-corrected chi connectivity index (χ3v) is 3.71. The van der Waals surface area contributed by atoms with Crippen LogP contribution in [0, 0.1) is 5.41 Å². The lowest BCUT2D eigenvalue weighted by molar-refractivity contribution is -0.150. The Bertz CT molecular complexity index is 355. The molecule has 1 unspecified atom stereocenters. The molecule has 3 N–H and O–H groups in total. The summed E-state index contributed by atoms with van der Waals surface area (Å²) in [6.07, 6.45) is -0.786. The summed E-state index contributed by atoms with van der Waals surface area (Å²) in [5.74, 6) is -0.995. The Hall–Kier alpha value is -1.34. The minimum atomic E-state index is -1.13. The molecule has 1 atom stereocenters. The molecule has 0 saturated heterocycles. The zero-order valence-electron chi connectivity index (χ0n) is 13.1. The first-order valence-corrected chi connectivity index (χ1v) is 6.39. The Morgan fingerprint density at radius 2 is 1.80 bits per heavy atom. The van der Waals surface area contributed by atoms with Crippen LogP contribution in [0.1, 0.15) is 27.7 Å². The molecular formula is C13H26N2O5. The van der Waals surface area contributed by atoms with Crippen molar-refractivity contribution in [3.05, 3.63) is 0 Å². The van der Waals surface area contributed by atoms with Crippen molar-refractivity contribution >= 4 is 12.0 Å². The second-order valence-corrected chi connectivity index (χ2v) is 5.97. The van der Waals surface area contributed by atoms with Gasteiger partial charge in [0.05, 0.1) is 30.2 Å². The predicted octanol–water partition coefficient (Wildman–Crippen LogP) is 0.525. The molecule has 0 heterocycles. The van der Waals surface area contributed by atoms with Gasteiger partial charge >= 0.3 is 12.0 Å². The highest BCUT2D eigenvalue weighted by molar-refractivity contribution is 5.79. The maximum atomic E-state index is 12.0. The number of aliphatic hydroxyl groups excluding tert-OH is 1. The van der Waals surface area contributed by atoms with Crippen LogP contribution in [0.15, 0.2) is 0 Å². The summed E-state index contributed by atoms with van der Waals surface area (Å²) >= 11 is 0. The number of aliphatic carboxylic acids is 1. The van der Waals surface area contributed by atoms with Crippen molar-refractivity contribution in [1.29, 1.82) is 0 Å². The van der Waals surface area contributed by atoms with Crippen LogP contribution >= 0.6 is 0 Å². The van der Waals surface area contributed by atoms with Crippen molar-refractivity contribution in [2.45, 2.75) is 39.3 Å². The van der Waals surface area contributed by atoms with Crippen LogP contribution in [-0.4, -0.2) is 66.1 Å². The van der Waals surface area contributed by atoms with E-state index in [1.54, 1.807) is 27.7 Å². The fourth-order valence-corrected chi connectivity index (χ4v) is 1.43.